The van der Waals surface area contributed by atoms with Gasteiger partial charge in [0, 0.05) is 23.2 Å². The number of rotatable bonds is 22. The molecule has 0 aliphatic rings. The van der Waals surface area contributed by atoms with Crippen LogP contribution in [0.5, 0.6) is 0 Å². The fourth-order valence-electron chi connectivity index (χ4n) is 5.14. The number of carbonyl (C=O) groups is 2. The van der Waals surface area contributed by atoms with Crippen LogP contribution in [-0.4, -0.2) is 21.9 Å². The number of benzene rings is 1. The molecule has 0 bridgehead atoms. The van der Waals surface area contributed by atoms with Crippen molar-refractivity contribution in [3.05, 3.63) is 48.8 Å². The minimum Gasteiger partial charge on any atom is -0.254 e. The third-order valence-electron chi connectivity index (χ3n) is 7.75. The molecule has 2 heterocycles. The molecule has 0 aliphatic heterocycles. The molecular formula is C36H54HgN2O4. The first-order valence-electron chi connectivity index (χ1n) is 17.1. The Hall–Kier alpha value is -2.08. The summed E-state index contributed by atoms with van der Waals surface area (Å²) in [6.45, 7) is 4.48. The van der Waals surface area contributed by atoms with E-state index in [4.69, 9.17) is 5.29 Å². The van der Waals surface area contributed by atoms with Crippen molar-refractivity contribution in [3.63, 3.8) is 0 Å². The second-order valence-corrected chi connectivity index (χ2v) is 14.7. The number of carbonyl (C=O) groups excluding carboxylic acids is 2. The second kappa shape index (κ2) is 25.3. The summed E-state index contributed by atoms with van der Waals surface area (Å²) in [4.78, 5) is 32.1. The summed E-state index contributed by atoms with van der Waals surface area (Å²) in [5, 5.41) is 2.28. The van der Waals surface area contributed by atoms with E-state index in [-0.39, 0.29) is 11.9 Å². The first kappa shape index (κ1) is 37.1. The summed E-state index contributed by atoms with van der Waals surface area (Å²) in [7, 11) is 0. The Bertz CT molecular complexity index is 1070. The number of fused-ring (bicyclic) bond motifs is 3. The molecule has 3 rings (SSSR count). The van der Waals surface area contributed by atoms with Gasteiger partial charge in [-0.3, -0.25) is 9.97 Å². The molecule has 2 aromatic heterocycles. The number of aromatic nitrogens is 2. The predicted octanol–water partition coefficient (Wildman–Crippen LogP) is 10.6. The van der Waals surface area contributed by atoms with E-state index < -0.39 is 25.5 Å². The van der Waals surface area contributed by atoms with Crippen LogP contribution in [0.4, 0.5) is 0 Å². The third kappa shape index (κ3) is 17.7. The summed E-state index contributed by atoms with van der Waals surface area (Å²) in [5.74, 6) is -0.323. The molecular weight excluding hydrogens is 725 g/mol. The number of unbranched alkanes of at least 4 members (excludes halogenated alkanes) is 16. The minimum atomic E-state index is -2.25. The van der Waals surface area contributed by atoms with Crippen molar-refractivity contribution < 1.29 is 40.4 Å². The van der Waals surface area contributed by atoms with Crippen LogP contribution in [-0.2, 0) is 40.4 Å². The Morgan fingerprint density at radius 1 is 0.535 bits per heavy atom. The van der Waals surface area contributed by atoms with E-state index >= 15 is 0 Å². The van der Waals surface area contributed by atoms with Gasteiger partial charge >= 0.3 is 181 Å². The molecule has 3 aromatic rings. The second-order valence-electron chi connectivity index (χ2n) is 11.5. The fraction of sp³-hybridized carbons (Fsp3) is 0.611. The van der Waals surface area contributed by atoms with Crippen molar-refractivity contribution in [2.45, 2.75) is 142 Å². The Morgan fingerprint density at radius 2 is 0.884 bits per heavy atom. The molecule has 0 spiro atoms. The molecule has 0 saturated heterocycles. The summed E-state index contributed by atoms with van der Waals surface area (Å²) in [6.07, 6.45) is 26.8. The Morgan fingerprint density at radius 3 is 1.26 bits per heavy atom. The molecule has 0 atom stereocenters. The van der Waals surface area contributed by atoms with Crippen LogP contribution < -0.4 is 0 Å². The smallest absolute Gasteiger partial charge is 0.254 e. The first-order chi connectivity index (χ1) is 21.2. The molecule has 0 saturated carbocycles. The van der Waals surface area contributed by atoms with E-state index in [0.29, 0.717) is 12.8 Å². The summed E-state index contributed by atoms with van der Waals surface area (Å²) < 4.78 is 10.4. The molecule has 0 fully saturated rings. The van der Waals surface area contributed by atoms with Gasteiger partial charge in [0.25, 0.3) is 0 Å². The van der Waals surface area contributed by atoms with Crippen LogP contribution in [0.25, 0.3) is 21.8 Å². The van der Waals surface area contributed by atoms with Gasteiger partial charge in [-0.1, -0.05) is 38.1 Å². The molecule has 7 heteroatoms. The van der Waals surface area contributed by atoms with E-state index in [2.05, 4.69) is 48.1 Å². The topological polar surface area (TPSA) is 78.4 Å². The number of nitrogens with zero attached hydrogens (tertiary/aromatic N) is 2. The van der Waals surface area contributed by atoms with Crippen LogP contribution in [0.1, 0.15) is 142 Å². The Kier molecular flexibility index (Phi) is 21.8. The normalized spacial score (nSPS) is 10.7. The molecule has 0 unspecified atom stereocenters. The van der Waals surface area contributed by atoms with E-state index in [0.717, 1.165) is 47.5 Å². The van der Waals surface area contributed by atoms with Gasteiger partial charge in [-0.25, -0.2) is 0 Å². The molecule has 0 amide bonds. The zero-order valence-electron chi connectivity index (χ0n) is 27.0. The molecule has 6 nitrogen and oxygen atoms in total. The average Bonchev–Trinajstić information content (AvgIpc) is 3.03. The van der Waals surface area contributed by atoms with Gasteiger partial charge in [0.2, 0.25) is 0 Å². The zero-order chi connectivity index (χ0) is 30.8. The average molecular weight is 779 g/mol. The maximum absolute atomic E-state index is 11.7. The summed E-state index contributed by atoms with van der Waals surface area (Å²) in [5.41, 5.74) is 1.95. The van der Waals surface area contributed by atoms with Crippen molar-refractivity contribution in [3.8, 4) is 0 Å². The SMILES string of the molecule is CCCCCCCCCCCC(=O)[O][Hg][O]C(=O)CCCCCCCCCCC.c1cnc2c(c1)ccc1cccnc12. The minimum absolute atomic E-state index is 0.162. The van der Waals surface area contributed by atoms with Gasteiger partial charge in [0.05, 0.1) is 11.0 Å². The van der Waals surface area contributed by atoms with E-state index in [1.165, 1.54) is 89.9 Å². The predicted molar refractivity (Wildman–Crippen MR) is 173 cm³/mol. The molecule has 43 heavy (non-hydrogen) atoms. The van der Waals surface area contributed by atoms with Crippen LogP contribution in [0, 0.1) is 0 Å². The van der Waals surface area contributed by atoms with Gasteiger partial charge in [0.1, 0.15) is 0 Å². The molecule has 0 radical (unpaired) electrons. The van der Waals surface area contributed by atoms with E-state index in [1.807, 2.05) is 12.1 Å². The van der Waals surface area contributed by atoms with Gasteiger partial charge in [0.15, 0.2) is 0 Å². The maximum atomic E-state index is 11.7. The zero-order valence-corrected chi connectivity index (χ0v) is 32.5. The summed E-state index contributed by atoms with van der Waals surface area (Å²) >= 11 is -2.25. The van der Waals surface area contributed by atoms with Crippen molar-refractivity contribution in [1.82, 2.24) is 9.97 Å². The Labute approximate surface area is 273 Å². The van der Waals surface area contributed by atoms with Gasteiger partial charge in [-0.15, -0.1) is 0 Å². The van der Waals surface area contributed by atoms with Crippen LogP contribution in [0.3, 0.4) is 0 Å². The first-order valence-corrected chi connectivity index (χ1v) is 21.5. The van der Waals surface area contributed by atoms with Crippen molar-refractivity contribution in [2.75, 3.05) is 0 Å². The molecule has 1 aromatic carbocycles. The van der Waals surface area contributed by atoms with Gasteiger partial charge < -0.3 is 0 Å². The molecule has 0 aliphatic carbocycles. The van der Waals surface area contributed by atoms with Crippen molar-refractivity contribution in [1.29, 1.82) is 0 Å². The van der Waals surface area contributed by atoms with Crippen LogP contribution in [0.15, 0.2) is 48.8 Å². The fourth-order valence-corrected chi connectivity index (χ4v) is 7.52. The quantitative estimate of drug-likeness (QED) is 0.0574. The summed E-state index contributed by atoms with van der Waals surface area (Å²) in [6, 6.07) is 12.1. The van der Waals surface area contributed by atoms with E-state index in [1.54, 1.807) is 12.4 Å². The standard InChI is InChI=1S/C12H8N2.2C12H24O2.Hg/c1-3-9-5-6-10-4-2-8-14-12(10)11(9)13-7-1;2*1-2-3-4-5-6-7-8-9-10-11-12(13)14;/h1-8H;2*2-11H2,1H3,(H,13,14);/q;;;+2/p-2. The Balaban J connectivity index is 0.000000374. The van der Waals surface area contributed by atoms with Crippen LogP contribution in [0.2, 0.25) is 0 Å². The van der Waals surface area contributed by atoms with Gasteiger partial charge in [-0.05, 0) is 12.1 Å². The van der Waals surface area contributed by atoms with Crippen molar-refractivity contribution in [2.24, 2.45) is 0 Å². The van der Waals surface area contributed by atoms with Crippen molar-refractivity contribution >= 4 is 33.7 Å². The van der Waals surface area contributed by atoms with Gasteiger partial charge in [-0.2, -0.15) is 0 Å². The third-order valence-corrected chi connectivity index (χ3v) is 11.2. The van der Waals surface area contributed by atoms with Crippen LogP contribution >= 0.6 is 0 Å². The number of hydrogen-bond acceptors (Lipinski definition) is 6. The number of pyridine rings is 2. The monoisotopic (exact) mass is 780 g/mol. The number of hydrogen-bond donors (Lipinski definition) is 0. The molecule has 234 valence electrons. The van der Waals surface area contributed by atoms with E-state index in [9.17, 15) is 9.59 Å². The molecule has 0 N–H and O–H groups in total.